The summed E-state index contributed by atoms with van der Waals surface area (Å²) in [5.74, 6) is 0. The lowest BCUT2D eigenvalue weighted by Gasteiger charge is -1.97. The first-order valence-corrected chi connectivity index (χ1v) is 4.89. The third-order valence-electron chi connectivity index (χ3n) is 2.62. The summed E-state index contributed by atoms with van der Waals surface area (Å²) in [5, 5.41) is 1.96. The summed E-state index contributed by atoms with van der Waals surface area (Å²) >= 11 is 0. The zero-order valence-corrected chi connectivity index (χ0v) is 8.87. The standard InChI is InChI=1S/C13H13NO/c1-8-6-10-4-3-5-12(14)11(10)7-9(2)13(8)15/h3-7H,14H2,1-2H3. The van der Waals surface area contributed by atoms with Gasteiger partial charge in [0.25, 0.3) is 0 Å². The van der Waals surface area contributed by atoms with Crippen molar-refractivity contribution in [3.05, 3.63) is 51.7 Å². The second-order valence-corrected chi connectivity index (χ2v) is 3.83. The van der Waals surface area contributed by atoms with Gasteiger partial charge in [-0.25, -0.2) is 0 Å². The maximum Gasteiger partial charge on any atom is 0.184 e. The van der Waals surface area contributed by atoms with E-state index in [9.17, 15) is 4.79 Å². The molecule has 0 fully saturated rings. The highest BCUT2D eigenvalue weighted by Gasteiger charge is 2.01. The monoisotopic (exact) mass is 199 g/mol. The SMILES string of the molecule is Cc1cc2cccc(N)c2cc(C)c1=O. The van der Waals surface area contributed by atoms with E-state index in [2.05, 4.69) is 0 Å². The molecule has 2 rings (SSSR count). The Morgan fingerprint density at radius 3 is 2.47 bits per heavy atom. The number of anilines is 1. The highest BCUT2D eigenvalue weighted by atomic mass is 16.1. The number of nitrogen functional groups attached to an aromatic ring is 1. The molecule has 0 aliphatic heterocycles. The van der Waals surface area contributed by atoms with Crippen molar-refractivity contribution in [3.63, 3.8) is 0 Å². The molecular weight excluding hydrogens is 186 g/mol. The van der Waals surface area contributed by atoms with Crippen molar-refractivity contribution in [1.29, 1.82) is 0 Å². The van der Waals surface area contributed by atoms with E-state index in [0.29, 0.717) is 5.69 Å². The van der Waals surface area contributed by atoms with Gasteiger partial charge >= 0.3 is 0 Å². The van der Waals surface area contributed by atoms with Gasteiger partial charge in [-0.2, -0.15) is 0 Å². The molecule has 15 heavy (non-hydrogen) atoms. The van der Waals surface area contributed by atoms with Crippen LogP contribution < -0.4 is 11.2 Å². The van der Waals surface area contributed by atoms with Crippen molar-refractivity contribution < 1.29 is 0 Å². The quantitative estimate of drug-likeness (QED) is 0.662. The summed E-state index contributed by atoms with van der Waals surface area (Å²) < 4.78 is 0. The average Bonchev–Trinajstić information content (AvgIpc) is 2.30. The molecule has 2 aromatic rings. The molecule has 2 aromatic carbocycles. The maximum atomic E-state index is 11.7. The summed E-state index contributed by atoms with van der Waals surface area (Å²) in [6.07, 6.45) is 0. The number of aryl methyl sites for hydroxylation is 2. The van der Waals surface area contributed by atoms with Gasteiger partial charge in [0.1, 0.15) is 0 Å². The van der Waals surface area contributed by atoms with E-state index in [4.69, 9.17) is 5.73 Å². The maximum absolute atomic E-state index is 11.7. The summed E-state index contributed by atoms with van der Waals surface area (Å²) in [4.78, 5) is 11.7. The van der Waals surface area contributed by atoms with Crippen LogP contribution in [0.25, 0.3) is 10.8 Å². The van der Waals surface area contributed by atoms with Gasteiger partial charge in [0, 0.05) is 11.1 Å². The van der Waals surface area contributed by atoms with Gasteiger partial charge in [0.05, 0.1) is 0 Å². The van der Waals surface area contributed by atoms with E-state index in [1.165, 1.54) is 0 Å². The van der Waals surface area contributed by atoms with E-state index in [1.807, 2.05) is 44.2 Å². The average molecular weight is 199 g/mol. The number of hydrogen-bond acceptors (Lipinski definition) is 2. The Balaban J connectivity index is 3.06. The fourth-order valence-corrected chi connectivity index (χ4v) is 1.79. The minimum Gasteiger partial charge on any atom is -0.398 e. The molecule has 2 nitrogen and oxygen atoms in total. The molecule has 0 unspecified atom stereocenters. The van der Waals surface area contributed by atoms with Crippen LogP contribution in [0, 0.1) is 13.8 Å². The second kappa shape index (κ2) is 3.39. The Kier molecular flexibility index (Phi) is 2.19. The lowest BCUT2D eigenvalue weighted by atomic mass is 10.1. The highest BCUT2D eigenvalue weighted by Crippen LogP contribution is 2.20. The molecule has 0 heterocycles. The summed E-state index contributed by atoms with van der Waals surface area (Å²) in [6, 6.07) is 9.47. The Morgan fingerprint density at radius 1 is 1.07 bits per heavy atom. The number of hydrogen-bond donors (Lipinski definition) is 1. The van der Waals surface area contributed by atoms with Crippen molar-refractivity contribution >= 4 is 16.5 Å². The van der Waals surface area contributed by atoms with Crippen molar-refractivity contribution in [2.45, 2.75) is 13.8 Å². The van der Waals surface area contributed by atoms with Crippen molar-refractivity contribution in [2.24, 2.45) is 0 Å². The highest BCUT2D eigenvalue weighted by molar-refractivity contribution is 5.92. The van der Waals surface area contributed by atoms with Gasteiger partial charge in [-0.05, 0) is 48.6 Å². The third-order valence-corrected chi connectivity index (χ3v) is 2.62. The minimum absolute atomic E-state index is 0.0885. The molecule has 0 atom stereocenters. The van der Waals surface area contributed by atoms with E-state index in [-0.39, 0.29) is 5.43 Å². The first-order chi connectivity index (χ1) is 7.09. The van der Waals surface area contributed by atoms with Crippen LogP contribution in [0.2, 0.25) is 0 Å². The molecule has 0 saturated carbocycles. The topological polar surface area (TPSA) is 43.1 Å². The van der Waals surface area contributed by atoms with Gasteiger partial charge < -0.3 is 5.73 Å². The zero-order valence-electron chi connectivity index (χ0n) is 8.87. The predicted molar refractivity (Wildman–Crippen MR) is 64.1 cm³/mol. The molecule has 0 spiro atoms. The molecule has 76 valence electrons. The molecular formula is C13H13NO. The molecule has 0 amide bonds. The van der Waals surface area contributed by atoms with Crippen LogP contribution in [0.5, 0.6) is 0 Å². The summed E-state index contributed by atoms with van der Waals surface area (Å²) in [7, 11) is 0. The predicted octanol–water partition coefficient (Wildman–Crippen LogP) is 2.40. The molecule has 0 aliphatic carbocycles. The Morgan fingerprint density at radius 2 is 1.73 bits per heavy atom. The van der Waals surface area contributed by atoms with Crippen LogP contribution in [0.4, 0.5) is 5.69 Å². The normalized spacial score (nSPS) is 10.5. The van der Waals surface area contributed by atoms with Crippen molar-refractivity contribution in [3.8, 4) is 0 Å². The summed E-state index contributed by atoms with van der Waals surface area (Å²) in [5.41, 5.74) is 8.17. The third kappa shape index (κ3) is 1.59. The van der Waals surface area contributed by atoms with E-state index in [0.717, 1.165) is 21.9 Å². The number of rotatable bonds is 0. The molecule has 0 saturated heterocycles. The zero-order chi connectivity index (χ0) is 11.0. The Hall–Kier alpha value is -1.83. The van der Waals surface area contributed by atoms with Crippen LogP contribution in [0.15, 0.2) is 35.1 Å². The second-order valence-electron chi connectivity index (χ2n) is 3.83. The lowest BCUT2D eigenvalue weighted by Crippen LogP contribution is -2.03. The molecule has 2 heteroatoms. The first-order valence-electron chi connectivity index (χ1n) is 4.89. The van der Waals surface area contributed by atoms with Crippen LogP contribution in [-0.2, 0) is 0 Å². The van der Waals surface area contributed by atoms with Crippen LogP contribution in [0.1, 0.15) is 11.1 Å². The molecule has 0 aliphatic rings. The van der Waals surface area contributed by atoms with Crippen LogP contribution >= 0.6 is 0 Å². The van der Waals surface area contributed by atoms with E-state index in [1.54, 1.807) is 0 Å². The number of benzene rings is 1. The number of nitrogens with two attached hydrogens (primary N) is 1. The molecule has 0 radical (unpaired) electrons. The Bertz CT molecular complexity index is 588. The molecule has 2 N–H and O–H groups in total. The molecule has 0 aromatic heterocycles. The Labute approximate surface area is 88.4 Å². The first kappa shape index (κ1) is 9.71. The largest absolute Gasteiger partial charge is 0.398 e. The van der Waals surface area contributed by atoms with Gasteiger partial charge in [0.2, 0.25) is 0 Å². The van der Waals surface area contributed by atoms with Gasteiger partial charge in [-0.1, -0.05) is 12.1 Å². The van der Waals surface area contributed by atoms with Crippen molar-refractivity contribution in [2.75, 3.05) is 5.73 Å². The van der Waals surface area contributed by atoms with Crippen LogP contribution in [0.3, 0.4) is 0 Å². The van der Waals surface area contributed by atoms with Gasteiger partial charge in [-0.3, -0.25) is 4.79 Å². The summed E-state index contributed by atoms with van der Waals surface area (Å²) in [6.45, 7) is 3.65. The fraction of sp³-hybridized carbons (Fsp3) is 0.154. The van der Waals surface area contributed by atoms with Crippen LogP contribution in [-0.4, -0.2) is 0 Å². The van der Waals surface area contributed by atoms with E-state index >= 15 is 0 Å². The fourth-order valence-electron chi connectivity index (χ4n) is 1.79. The minimum atomic E-state index is 0.0885. The molecule has 0 bridgehead atoms. The van der Waals surface area contributed by atoms with E-state index < -0.39 is 0 Å². The number of fused-ring (bicyclic) bond motifs is 1. The van der Waals surface area contributed by atoms with Gasteiger partial charge in [0.15, 0.2) is 5.43 Å². The van der Waals surface area contributed by atoms with Crippen molar-refractivity contribution in [1.82, 2.24) is 0 Å². The lowest BCUT2D eigenvalue weighted by molar-refractivity contribution is 1.35. The smallest absolute Gasteiger partial charge is 0.184 e. The van der Waals surface area contributed by atoms with Gasteiger partial charge in [-0.15, -0.1) is 0 Å².